The lowest BCUT2D eigenvalue weighted by molar-refractivity contribution is -0.121. The average molecular weight is 337 g/mol. The predicted molar refractivity (Wildman–Crippen MR) is 98.5 cm³/mol. The smallest absolute Gasteiger partial charge is 0.240 e. The average Bonchev–Trinajstić information content (AvgIpc) is 2.97. The van der Waals surface area contributed by atoms with Gasteiger partial charge in [0.1, 0.15) is 24.7 Å². The lowest BCUT2D eigenvalue weighted by Crippen LogP contribution is -2.28. The van der Waals surface area contributed by atoms with Gasteiger partial charge in [-0.3, -0.25) is 4.79 Å². The summed E-state index contributed by atoms with van der Waals surface area (Å²) < 4.78 is 7.87. The first kappa shape index (κ1) is 17.0. The third-order valence-electron chi connectivity index (χ3n) is 4.06. The quantitative estimate of drug-likeness (QED) is 0.718. The molecule has 5 heteroatoms. The molecule has 0 radical (unpaired) electrons. The van der Waals surface area contributed by atoms with E-state index in [1.807, 2.05) is 66.9 Å². The van der Waals surface area contributed by atoms with E-state index in [2.05, 4.69) is 10.3 Å². The van der Waals surface area contributed by atoms with Gasteiger partial charge in [-0.25, -0.2) is 4.98 Å². The predicted octanol–water partition coefficient (Wildman–Crippen LogP) is 3.45. The van der Waals surface area contributed by atoms with Crippen LogP contribution in [0, 0.1) is 6.92 Å². The molecular formula is C20H23N3O2. The minimum absolute atomic E-state index is 0.0119. The van der Waals surface area contributed by atoms with E-state index in [9.17, 15) is 4.79 Å². The van der Waals surface area contributed by atoms with Crippen molar-refractivity contribution in [1.82, 2.24) is 14.9 Å². The highest BCUT2D eigenvalue weighted by atomic mass is 16.5. The Morgan fingerprint density at radius 2 is 1.92 bits per heavy atom. The molecule has 2 aromatic carbocycles. The maximum Gasteiger partial charge on any atom is 0.240 e. The summed E-state index contributed by atoms with van der Waals surface area (Å²) in [6, 6.07) is 15.7. The number of aromatic nitrogens is 2. The van der Waals surface area contributed by atoms with E-state index >= 15 is 0 Å². The summed E-state index contributed by atoms with van der Waals surface area (Å²) in [5.74, 6) is 1.56. The first-order valence-electron chi connectivity index (χ1n) is 8.58. The van der Waals surface area contributed by atoms with Crippen molar-refractivity contribution < 1.29 is 9.53 Å². The van der Waals surface area contributed by atoms with Gasteiger partial charge in [-0.05, 0) is 37.1 Å². The Bertz CT molecular complexity index is 870. The van der Waals surface area contributed by atoms with Crippen molar-refractivity contribution in [2.75, 3.05) is 6.54 Å². The summed E-state index contributed by atoms with van der Waals surface area (Å²) in [6.07, 6.45) is 0.916. The van der Waals surface area contributed by atoms with E-state index in [4.69, 9.17) is 4.74 Å². The van der Waals surface area contributed by atoms with Crippen molar-refractivity contribution in [3.05, 3.63) is 59.9 Å². The zero-order valence-electron chi connectivity index (χ0n) is 14.7. The minimum Gasteiger partial charge on any atom is -0.485 e. The zero-order valence-corrected chi connectivity index (χ0v) is 14.7. The number of fused-ring (bicyclic) bond motifs is 1. The molecule has 0 aliphatic rings. The molecule has 1 amide bonds. The van der Waals surface area contributed by atoms with Crippen LogP contribution in [0.3, 0.4) is 0 Å². The van der Waals surface area contributed by atoms with Crippen LogP contribution in [-0.2, 0) is 17.9 Å². The SMILES string of the molecule is CCCNC(=O)Cn1c(COc2ccccc2C)nc2ccccc21. The topological polar surface area (TPSA) is 56.2 Å². The third-order valence-corrected chi connectivity index (χ3v) is 4.06. The second kappa shape index (κ2) is 7.83. The Balaban J connectivity index is 1.85. The van der Waals surface area contributed by atoms with Crippen LogP contribution in [0.2, 0.25) is 0 Å². The van der Waals surface area contributed by atoms with Crippen LogP contribution in [-0.4, -0.2) is 22.0 Å². The van der Waals surface area contributed by atoms with Gasteiger partial charge in [0, 0.05) is 6.54 Å². The van der Waals surface area contributed by atoms with E-state index < -0.39 is 0 Å². The minimum atomic E-state index is -0.0119. The fourth-order valence-corrected chi connectivity index (χ4v) is 2.74. The van der Waals surface area contributed by atoms with Gasteiger partial charge in [0.05, 0.1) is 11.0 Å². The molecule has 0 spiro atoms. The van der Waals surface area contributed by atoms with Crippen molar-refractivity contribution >= 4 is 16.9 Å². The molecular weight excluding hydrogens is 314 g/mol. The number of hydrogen-bond acceptors (Lipinski definition) is 3. The normalized spacial score (nSPS) is 10.8. The molecule has 130 valence electrons. The molecule has 0 bridgehead atoms. The van der Waals surface area contributed by atoms with Crippen LogP contribution in [0.4, 0.5) is 0 Å². The molecule has 0 fully saturated rings. The largest absolute Gasteiger partial charge is 0.485 e. The third kappa shape index (κ3) is 3.99. The molecule has 1 heterocycles. The van der Waals surface area contributed by atoms with Crippen molar-refractivity contribution in [2.24, 2.45) is 0 Å². The fourth-order valence-electron chi connectivity index (χ4n) is 2.74. The van der Waals surface area contributed by atoms with E-state index in [1.165, 1.54) is 0 Å². The van der Waals surface area contributed by atoms with E-state index in [1.54, 1.807) is 0 Å². The van der Waals surface area contributed by atoms with E-state index in [0.717, 1.165) is 34.6 Å². The molecule has 1 aromatic heterocycles. The summed E-state index contributed by atoms with van der Waals surface area (Å²) in [5, 5.41) is 2.92. The number of amides is 1. The van der Waals surface area contributed by atoms with Crippen LogP contribution < -0.4 is 10.1 Å². The maximum atomic E-state index is 12.2. The number of rotatable bonds is 7. The van der Waals surface area contributed by atoms with Crippen molar-refractivity contribution in [2.45, 2.75) is 33.4 Å². The number of nitrogens with zero attached hydrogens (tertiary/aromatic N) is 2. The summed E-state index contributed by atoms with van der Waals surface area (Å²) in [6.45, 7) is 5.29. The lowest BCUT2D eigenvalue weighted by Gasteiger charge is -2.12. The van der Waals surface area contributed by atoms with Crippen LogP contribution in [0.25, 0.3) is 11.0 Å². The Morgan fingerprint density at radius 3 is 2.72 bits per heavy atom. The van der Waals surface area contributed by atoms with E-state index in [-0.39, 0.29) is 12.5 Å². The summed E-state index contributed by atoms with van der Waals surface area (Å²) >= 11 is 0. The highest BCUT2D eigenvalue weighted by Crippen LogP contribution is 2.20. The van der Waals surface area contributed by atoms with Crippen LogP contribution >= 0.6 is 0 Å². The number of aryl methyl sites for hydroxylation is 1. The summed E-state index contributed by atoms with van der Waals surface area (Å²) in [5.41, 5.74) is 2.89. The van der Waals surface area contributed by atoms with Crippen molar-refractivity contribution in [1.29, 1.82) is 0 Å². The highest BCUT2D eigenvalue weighted by molar-refractivity contribution is 5.81. The number of hydrogen-bond donors (Lipinski definition) is 1. The highest BCUT2D eigenvalue weighted by Gasteiger charge is 2.14. The van der Waals surface area contributed by atoms with Crippen LogP contribution in [0.5, 0.6) is 5.75 Å². The molecule has 0 aliphatic carbocycles. The second-order valence-electron chi connectivity index (χ2n) is 6.01. The molecule has 5 nitrogen and oxygen atoms in total. The van der Waals surface area contributed by atoms with Gasteiger partial charge in [0.2, 0.25) is 5.91 Å². The molecule has 3 aromatic rings. The second-order valence-corrected chi connectivity index (χ2v) is 6.01. The molecule has 25 heavy (non-hydrogen) atoms. The number of imidazole rings is 1. The van der Waals surface area contributed by atoms with Gasteiger partial charge in [-0.15, -0.1) is 0 Å². The monoisotopic (exact) mass is 337 g/mol. The van der Waals surface area contributed by atoms with E-state index in [0.29, 0.717) is 13.2 Å². The Morgan fingerprint density at radius 1 is 1.16 bits per heavy atom. The number of benzene rings is 2. The number of carbonyl (C=O) groups excluding carboxylic acids is 1. The van der Waals surface area contributed by atoms with Gasteiger partial charge >= 0.3 is 0 Å². The Hall–Kier alpha value is -2.82. The fraction of sp³-hybridized carbons (Fsp3) is 0.300. The number of nitrogens with one attached hydrogen (secondary N) is 1. The van der Waals surface area contributed by atoms with Crippen LogP contribution in [0.15, 0.2) is 48.5 Å². The first-order valence-corrected chi connectivity index (χ1v) is 8.58. The summed E-state index contributed by atoms with van der Waals surface area (Å²) in [7, 11) is 0. The molecule has 0 atom stereocenters. The zero-order chi connectivity index (χ0) is 17.6. The molecule has 1 N–H and O–H groups in total. The molecule has 3 rings (SSSR count). The van der Waals surface area contributed by atoms with Crippen molar-refractivity contribution in [3.8, 4) is 5.75 Å². The number of para-hydroxylation sites is 3. The molecule has 0 saturated heterocycles. The molecule has 0 saturated carbocycles. The first-order chi connectivity index (χ1) is 12.2. The van der Waals surface area contributed by atoms with Gasteiger partial charge in [-0.1, -0.05) is 37.3 Å². The maximum absolute atomic E-state index is 12.2. The molecule has 0 unspecified atom stereocenters. The van der Waals surface area contributed by atoms with Gasteiger partial charge in [0.25, 0.3) is 0 Å². The number of ether oxygens (including phenoxy) is 1. The number of carbonyl (C=O) groups is 1. The standard InChI is InChI=1S/C20H23N3O2/c1-3-12-21-20(24)13-23-17-10-6-5-9-16(17)22-19(23)14-25-18-11-7-4-8-15(18)2/h4-11H,3,12-14H2,1-2H3,(H,21,24). The van der Waals surface area contributed by atoms with Gasteiger partial charge in [0.15, 0.2) is 0 Å². The lowest BCUT2D eigenvalue weighted by atomic mass is 10.2. The Labute approximate surface area is 147 Å². The molecule has 0 aliphatic heterocycles. The summed E-state index contributed by atoms with van der Waals surface area (Å²) in [4.78, 5) is 16.8. The van der Waals surface area contributed by atoms with Gasteiger partial charge in [-0.2, -0.15) is 0 Å². The van der Waals surface area contributed by atoms with Crippen molar-refractivity contribution in [3.63, 3.8) is 0 Å². The van der Waals surface area contributed by atoms with Crippen LogP contribution in [0.1, 0.15) is 24.7 Å². The Kier molecular flexibility index (Phi) is 5.33. The van der Waals surface area contributed by atoms with Gasteiger partial charge < -0.3 is 14.6 Å².